The highest BCUT2D eigenvalue weighted by atomic mass is 16.3. The molecule has 0 N–H and O–H groups in total. The Morgan fingerprint density at radius 3 is 1.47 bits per heavy atom. The molecular weight excluding hydrogens is 731 g/mol. The predicted molar refractivity (Wildman–Crippen MR) is 254 cm³/mol. The number of aromatic nitrogens is 1. The second-order valence-electron chi connectivity index (χ2n) is 16.0. The second-order valence-corrected chi connectivity index (χ2v) is 16.0. The van der Waals surface area contributed by atoms with Gasteiger partial charge in [-0.3, -0.25) is 0 Å². The van der Waals surface area contributed by atoms with E-state index in [9.17, 15) is 0 Å². The Labute approximate surface area is 356 Å². The fraction of sp³-hybridized carbons (Fsp3) is 0.0714. The lowest BCUT2D eigenvalue weighted by Crippen LogP contribution is -2.10. The van der Waals surface area contributed by atoms with Crippen LogP contribution in [0.15, 0.2) is 180 Å². The number of fused-ring (bicyclic) bond motifs is 11. The molecule has 3 heterocycles. The second kappa shape index (κ2) is 13.0. The Balaban J connectivity index is 1.02. The number of hydrogen-bond donors (Lipinski definition) is 0. The van der Waals surface area contributed by atoms with E-state index in [0.717, 1.165) is 111 Å². The maximum absolute atomic E-state index is 7.97. The molecule has 0 saturated heterocycles. The van der Waals surface area contributed by atoms with Crippen LogP contribution in [0, 0.1) is 27.6 Å². The first-order valence-corrected chi connectivity index (χ1v) is 20.2. The summed E-state index contributed by atoms with van der Waals surface area (Å²) in [5.41, 5.74) is 13.3. The van der Waals surface area contributed by atoms with Crippen molar-refractivity contribution in [3.63, 3.8) is 0 Å². The zero-order valence-corrected chi connectivity index (χ0v) is 33.0. The van der Waals surface area contributed by atoms with Gasteiger partial charge in [-0.15, -0.1) is 0 Å². The van der Waals surface area contributed by atoms with Gasteiger partial charge in [0.1, 0.15) is 11.2 Å². The molecule has 0 aliphatic heterocycles. The van der Waals surface area contributed by atoms with Gasteiger partial charge in [-0.05, 0) is 124 Å². The van der Waals surface area contributed by atoms with Gasteiger partial charge in [-0.2, -0.15) is 0 Å². The van der Waals surface area contributed by atoms with E-state index in [1.807, 2.05) is 24.3 Å². The number of para-hydroxylation sites is 1. The van der Waals surface area contributed by atoms with Crippen molar-refractivity contribution in [3.05, 3.63) is 198 Å². The highest BCUT2D eigenvalue weighted by Gasteiger charge is 2.22. The van der Waals surface area contributed by atoms with Crippen LogP contribution in [0.5, 0.6) is 0 Å². The van der Waals surface area contributed by atoms with Crippen molar-refractivity contribution >= 4 is 105 Å². The van der Waals surface area contributed by atoms with E-state index in [4.69, 9.17) is 12.6 Å². The molecule has 0 aliphatic carbocycles. The summed E-state index contributed by atoms with van der Waals surface area (Å²) in [5, 5.41) is 8.74. The summed E-state index contributed by atoms with van der Waals surface area (Å²) in [6.07, 6.45) is 0. The van der Waals surface area contributed by atoms with E-state index in [1.165, 1.54) is 5.39 Å². The fourth-order valence-corrected chi connectivity index (χ4v) is 9.29. The SMILES string of the molecule is [2H]C([2H])([2H])c1ccc(N(c2ccc(C)cc2)c2ccc3c(c2)oc2c4cc5c6cccc7c8ccc(N(c9ccc(C)cc9)c9ccc(C([2H])([2H])[2H])cc9)cc8n(c5cc4ccc32)c76)cc1. The van der Waals surface area contributed by atoms with Crippen LogP contribution in [0.4, 0.5) is 34.1 Å². The summed E-state index contributed by atoms with van der Waals surface area (Å²) in [7, 11) is 0. The first kappa shape index (κ1) is 28.8. The molecule has 12 rings (SSSR count). The molecule has 0 amide bonds. The fourth-order valence-electron chi connectivity index (χ4n) is 9.29. The van der Waals surface area contributed by atoms with Crippen LogP contribution in [0.25, 0.3) is 70.8 Å². The van der Waals surface area contributed by atoms with E-state index in [2.05, 4.69) is 155 Å². The Morgan fingerprint density at radius 2 is 0.883 bits per heavy atom. The molecule has 4 nitrogen and oxygen atoms in total. The van der Waals surface area contributed by atoms with Gasteiger partial charge in [0.2, 0.25) is 0 Å². The first-order valence-electron chi connectivity index (χ1n) is 23.2. The van der Waals surface area contributed by atoms with Gasteiger partial charge in [0.15, 0.2) is 0 Å². The lowest BCUT2D eigenvalue weighted by molar-refractivity contribution is 0.673. The average molecular weight is 778 g/mol. The Morgan fingerprint density at radius 1 is 0.400 bits per heavy atom. The monoisotopic (exact) mass is 777 g/mol. The number of nitrogens with zero attached hydrogens (tertiary/aromatic N) is 3. The normalized spacial score (nSPS) is 13.9. The molecule has 0 unspecified atom stereocenters. The molecule has 9 aromatic carbocycles. The van der Waals surface area contributed by atoms with E-state index in [-0.39, 0.29) is 0 Å². The smallest absolute Gasteiger partial charge is 0.143 e. The summed E-state index contributed by atoms with van der Waals surface area (Å²) in [6.45, 7) is -0.254. The minimum Gasteiger partial charge on any atom is -0.455 e. The van der Waals surface area contributed by atoms with Gasteiger partial charge >= 0.3 is 0 Å². The van der Waals surface area contributed by atoms with Gasteiger partial charge in [-0.1, -0.05) is 101 Å². The molecule has 0 aliphatic rings. The minimum atomic E-state index is -2.19. The third-order valence-electron chi connectivity index (χ3n) is 12.2. The van der Waals surface area contributed by atoms with Crippen LogP contribution >= 0.6 is 0 Å². The molecule has 3 aromatic heterocycles. The van der Waals surface area contributed by atoms with Crippen LogP contribution in [-0.2, 0) is 0 Å². The van der Waals surface area contributed by atoms with Crippen LogP contribution in [-0.4, -0.2) is 4.40 Å². The molecular formula is C56H41N3O. The van der Waals surface area contributed by atoms with Crippen molar-refractivity contribution in [2.24, 2.45) is 0 Å². The molecule has 12 aromatic rings. The van der Waals surface area contributed by atoms with Crippen molar-refractivity contribution in [1.29, 1.82) is 0 Å². The summed E-state index contributed by atoms with van der Waals surface area (Å²) >= 11 is 0. The molecule has 4 heteroatoms. The molecule has 60 heavy (non-hydrogen) atoms. The number of rotatable bonds is 6. The van der Waals surface area contributed by atoms with E-state index in [0.29, 0.717) is 11.1 Å². The third kappa shape index (κ3) is 5.24. The van der Waals surface area contributed by atoms with Gasteiger partial charge in [0.05, 0.1) is 16.6 Å². The van der Waals surface area contributed by atoms with Crippen LogP contribution in [0.3, 0.4) is 0 Å². The lowest BCUT2D eigenvalue weighted by Gasteiger charge is -2.26. The summed E-state index contributed by atoms with van der Waals surface area (Å²) in [5.74, 6) is 0. The van der Waals surface area contributed by atoms with E-state index < -0.39 is 13.7 Å². The predicted octanol–water partition coefficient (Wildman–Crippen LogP) is 16.1. The van der Waals surface area contributed by atoms with Gasteiger partial charge in [0.25, 0.3) is 0 Å². The highest BCUT2D eigenvalue weighted by molar-refractivity contribution is 6.26. The maximum Gasteiger partial charge on any atom is 0.143 e. The van der Waals surface area contributed by atoms with Crippen LogP contribution < -0.4 is 9.80 Å². The molecule has 0 atom stereocenters. The van der Waals surface area contributed by atoms with E-state index in [1.54, 1.807) is 24.3 Å². The summed E-state index contributed by atoms with van der Waals surface area (Å²) in [4.78, 5) is 4.31. The highest BCUT2D eigenvalue weighted by Crippen LogP contribution is 2.45. The summed E-state index contributed by atoms with van der Waals surface area (Å²) < 4.78 is 56.9. The molecule has 0 fully saturated rings. The van der Waals surface area contributed by atoms with Crippen molar-refractivity contribution in [2.75, 3.05) is 9.80 Å². The van der Waals surface area contributed by atoms with Gasteiger partial charge < -0.3 is 18.6 Å². The molecule has 0 bridgehead atoms. The Kier molecular flexibility index (Phi) is 6.22. The Hall–Kier alpha value is -7.56. The number of benzene rings is 9. The Bertz CT molecular complexity index is 3850. The molecule has 0 radical (unpaired) electrons. The van der Waals surface area contributed by atoms with Crippen molar-refractivity contribution in [2.45, 2.75) is 27.6 Å². The average Bonchev–Trinajstić information content (AvgIpc) is 3.96. The van der Waals surface area contributed by atoms with Crippen LogP contribution in [0.2, 0.25) is 0 Å². The lowest BCUT2D eigenvalue weighted by atomic mass is 10.0. The number of anilines is 6. The number of furan rings is 1. The zero-order valence-electron chi connectivity index (χ0n) is 39.0. The first-order chi connectivity index (χ1) is 31.8. The standard InChI is InChI=1S/C56H41N3O/c1-34-8-17-39(18-9-34)57(40-19-10-35(2)11-20-40)43-25-28-45-47-6-5-7-48-51-33-50-38(30-52(51)59(55(47)48)53(45)31-43)16-27-49-46-29-26-44(32-54(46)60-56(49)50)58(41-21-12-36(3)13-22-41)42-23-14-37(4)15-24-42/h5-33H,1-4H3/i1D3,3D3. The topological polar surface area (TPSA) is 24.0 Å². The molecule has 0 saturated carbocycles. The largest absolute Gasteiger partial charge is 0.455 e. The number of hydrogen-bond acceptors (Lipinski definition) is 3. The number of aryl methyl sites for hydroxylation is 4. The zero-order chi connectivity index (χ0) is 45.2. The maximum atomic E-state index is 7.97. The quantitative estimate of drug-likeness (QED) is 0.168. The molecule has 286 valence electrons. The van der Waals surface area contributed by atoms with Crippen molar-refractivity contribution in [1.82, 2.24) is 4.40 Å². The molecule has 0 spiro atoms. The van der Waals surface area contributed by atoms with Gasteiger partial charge in [0, 0.05) is 86.1 Å². The van der Waals surface area contributed by atoms with Crippen molar-refractivity contribution < 1.29 is 12.6 Å². The minimum absolute atomic E-state index is 0.296. The summed E-state index contributed by atoms with van der Waals surface area (Å²) in [6, 6.07) is 59.3. The van der Waals surface area contributed by atoms with Crippen molar-refractivity contribution in [3.8, 4) is 0 Å². The van der Waals surface area contributed by atoms with Crippen LogP contribution in [0.1, 0.15) is 30.5 Å². The van der Waals surface area contributed by atoms with E-state index >= 15 is 0 Å². The van der Waals surface area contributed by atoms with Gasteiger partial charge in [-0.25, -0.2) is 0 Å². The third-order valence-corrected chi connectivity index (χ3v) is 12.2.